The van der Waals surface area contributed by atoms with Crippen LogP contribution in [0.5, 0.6) is 0 Å². The summed E-state index contributed by atoms with van der Waals surface area (Å²) in [5.41, 5.74) is -2.91. The Hall–Kier alpha value is -0.880. The number of aliphatic hydroxyl groups is 13. The summed E-state index contributed by atoms with van der Waals surface area (Å²) in [5.74, 6) is 0.442. The topological polar surface area (TPSA) is 346 Å². The number of hydrogen-bond donors (Lipinski definition) is 13. The summed E-state index contributed by atoms with van der Waals surface area (Å²) in [4.78, 5) is 0. The molecule has 22 nitrogen and oxygen atoms in total. The van der Waals surface area contributed by atoms with E-state index in [1.165, 1.54) is 6.92 Å². The van der Waals surface area contributed by atoms with Crippen molar-refractivity contribution < 1.29 is 109 Å². The van der Waals surface area contributed by atoms with Gasteiger partial charge in [-0.1, -0.05) is 34.6 Å². The number of ether oxygens (including phenoxy) is 9. The van der Waals surface area contributed by atoms with Crippen LogP contribution >= 0.6 is 0 Å². The predicted molar refractivity (Wildman–Crippen MR) is 252 cm³/mol. The molecule has 0 radical (unpaired) electrons. The first-order valence-electron chi connectivity index (χ1n) is 27.2. The zero-order valence-corrected chi connectivity index (χ0v) is 43.7. The Balaban J connectivity index is 0.902. The van der Waals surface area contributed by atoms with Crippen molar-refractivity contribution >= 4 is 0 Å². The molecule has 1 spiro atoms. The van der Waals surface area contributed by atoms with Crippen LogP contribution < -0.4 is 0 Å². The fraction of sp³-hybridized carbons (Fsp3) is 1.00. The summed E-state index contributed by atoms with van der Waals surface area (Å²) in [6.45, 7) is 13.5. The summed E-state index contributed by atoms with van der Waals surface area (Å²) >= 11 is 0. The van der Waals surface area contributed by atoms with Gasteiger partial charge in [-0.05, 0) is 106 Å². The van der Waals surface area contributed by atoms with Gasteiger partial charge in [0.25, 0.3) is 0 Å². The van der Waals surface area contributed by atoms with E-state index in [1.807, 2.05) is 6.92 Å². The smallest absolute Gasteiger partial charge is 0.187 e. The molecular weight excluding hydrogens is 977 g/mol. The first-order chi connectivity index (χ1) is 34.6. The highest BCUT2D eigenvalue weighted by Gasteiger charge is 2.80. The lowest BCUT2D eigenvalue weighted by atomic mass is 9.30. The van der Waals surface area contributed by atoms with Crippen LogP contribution in [0.2, 0.25) is 0 Å². The summed E-state index contributed by atoms with van der Waals surface area (Å²) in [6.07, 6.45) is -24.6. The fourth-order valence-corrected chi connectivity index (χ4v) is 17.5. The van der Waals surface area contributed by atoms with E-state index in [0.717, 1.165) is 38.5 Å². The van der Waals surface area contributed by atoms with Crippen LogP contribution in [0.3, 0.4) is 0 Å². The van der Waals surface area contributed by atoms with Crippen LogP contribution in [0.4, 0.5) is 0 Å². The van der Waals surface area contributed by atoms with Gasteiger partial charge in [-0.2, -0.15) is 0 Å². The number of hydrogen-bond acceptors (Lipinski definition) is 22. The molecule has 10 fully saturated rings. The van der Waals surface area contributed by atoms with Crippen molar-refractivity contribution in [3.05, 3.63) is 0 Å². The second-order valence-corrected chi connectivity index (χ2v) is 26.0. The molecule has 2 bridgehead atoms. The molecule has 0 aromatic carbocycles. The van der Waals surface area contributed by atoms with Crippen molar-refractivity contribution in [2.75, 3.05) is 26.4 Å². The third kappa shape index (κ3) is 8.39. The van der Waals surface area contributed by atoms with E-state index in [0.29, 0.717) is 32.3 Å². The lowest BCUT2D eigenvalue weighted by Crippen LogP contribution is -2.74. The second kappa shape index (κ2) is 19.7. The van der Waals surface area contributed by atoms with E-state index < -0.39 is 165 Å². The summed E-state index contributed by atoms with van der Waals surface area (Å²) in [5, 5.41) is 143. The summed E-state index contributed by atoms with van der Waals surface area (Å²) < 4.78 is 56.2. The molecule has 5 aliphatic carbocycles. The average molecular weight is 1060 g/mol. The Morgan fingerprint density at radius 3 is 1.78 bits per heavy atom. The van der Waals surface area contributed by atoms with Crippen LogP contribution in [0.25, 0.3) is 0 Å². The quantitative estimate of drug-likeness (QED) is 0.106. The van der Waals surface area contributed by atoms with Crippen LogP contribution in [-0.2, 0) is 42.6 Å². The third-order valence-electron chi connectivity index (χ3n) is 22.0. The monoisotopic (exact) mass is 1060 g/mol. The highest BCUT2D eigenvalue weighted by Crippen LogP contribution is 2.80. The second-order valence-electron chi connectivity index (χ2n) is 26.0. The lowest BCUT2D eigenvalue weighted by molar-refractivity contribution is -0.394. The average Bonchev–Trinajstić information content (AvgIpc) is 3.63. The molecule has 5 saturated heterocycles. The molecule has 30 atom stereocenters. The molecule has 426 valence electrons. The molecule has 0 unspecified atom stereocenters. The molecule has 13 N–H and O–H groups in total. The van der Waals surface area contributed by atoms with E-state index in [2.05, 4.69) is 34.6 Å². The third-order valence-corrected chi connectivity index (χ3v) is 22.0. The summed E-state index contributed by atoms with van der Waals surface area (Å²) in [7, 11) is 0. The molecule has 5 saturated carbocycles. The van der Waals surface area contributed by atoms with E-state index in [4.69, 9.17) is 42.6 Å². The van der Waals surface area contributed by atoms with Gasteiger partial charge in [0, 0.05) is 16.7 Å². The maximum absolute atomic E-state index is 12.4. The van der Waals surface area contributed by atoms with Gasteiger partial charge >= 0.3 is 0 Å². The van der Waals surface area contributed by atoms with Crippen molar-refractivity contribution in [1.82, 2.24) is 0 Å². The number of aliphatic hydroxyl groups excluding tert-OH is 12. The van der Waals surface area contributed by atoms with Crippen molar-refractivity contribution in [3.63, 3.8) is 0 Å². The minimum Gasteiger partial charge on any atom is -0.394 e. The van der Waals surface area contributed by atoms with Gasteiger partial charge in [0.05, 0.1) is 55.9 Å². The zero-order valence-electron chi connectivity index (χ0n) is 43.7. The minimum absolute atomic E-state index is 0.0483. The number of rotatable bonds is 10. The molecule has 0 amide bonds. The van der Waals surface area contributed by atoms with E-state index in [1.54, 1.807) is 0 Å². The predicted octanol–water partition coefficient (Wildman–Crippen LogP) is -1.96. The molecule has 0 aromatic heterocycles. The van der Waals surface area contributed by atoms with Gasteiger partial charge < -0.3 is 109 Å². The maximum atomic E-state index is 12.4. The Bertz CT molecular complexity index is 2000. The molecule has 10 aliphatic rings. The van der Waals surface area contributed by atoms with E-state index in [9.17, 15) is 66.4 Å². The Kier molecular flexibility index (Phi) is 15.0. The molecule has 74 heavy (non-hydrogen) atoms. The van der Waals surface area contributed by atoms with Gasteiger partial charge in [-0.25, -0.2) is 0 Å². The SMILES string of the molecule is C[C@@H]1O[C@@H](O[C@H]2[C@H](O[C@H]3CO[C@@H](O[C@H]4CC[C@]5(C)[C@H]6CC[C@]78OC[C@@]9(CC[C@](C)(O)C[C@H]97)[C@H](O)C[C@@]8(C)[C@]6(C)CC[C@H]5C4(C)C)[C@H](O[C@@H]4O[C@H](CO)[C@@H](O)[C@H](O)[C@H]4O)[C@H]3O)O[C@H](CO)[C@@H](O)[C@@H]2O)[C@H](O)[C@H](O)[C@H]1O. The highest BCUT2D eigenvalue weighted by atomic mass is 16.8. The van der Waals surface area contributed by atoms with Crippen LogP contribution in [0, 0.1) is 44.8 Å². The Morgan fingerprint density at radius 2 is 1.12 bits per heavy atom. The number of fused-ring (bicyclic) bond motifs is 4. The van der Waals surface area contributed by atoms with Gasteiger partial charge in [-0.15, -0.1) is 0 Å². The van der Waals surface area contributed by atoms with Crippen LogP contribution in [0.15, 0.2) is 0 Å². The van der Waals surface area contributed by atoms with Crippen molar-refractivity contribution in [3.8, 4) is 0 Å². The highest BCUT2D eigenvalue weighted by molar-refractivity contribution is 5.28. The molecule has 5 heterocycles. The van der Waals surface area contributed by atoms with Gasteiger partial charge in [-0.3, -0.25) is 0 Å². The van der Waals surface area contributed by atoms with E-state index in [-0.39, 0.29) is 39.4 Å². The molecule has 22 heteroatoms. The van der Waals surface area contributed by atoms with Gasteiger partial charge in [0.1, 0.15) is 85.5 Å². The molecule has 5 aliphatic heterocycles. The fourth-order valence-electron chi connectivity index (χ4n) is 17.5. The van der Waals surface area contributed by atoms with E-state index >= 15 is 0 Å². The van der Waals surface area contributed by atoms with Crippen molar-refractivity contribution in [1.29, 1.82) is 0 Å². The Morgan fingerprint density at radius 1 is 0.527 bits per heavy atom. The van der Waals surface area contributed by atoms with Gasteiger partial charge in [0.15, 0.2) is 25.2 Å². The minimum atomic E-state index is -1.89. The molecule has 10 rings (SSSR count). The maximum Gasteiger partial charge on any atom is 0.187 e. The van der Waals surface area contributed by atoms with Crippen molar-refractivity contribution in [2.45, 2.75) is 253 Å². The largest absolute Gasteiger partial charge is 0.394 e. The Labute approximate surface area is 432 Å². The zero-order chi connectivity index (χ0) is 53.6. The summed E-state index contributed by atoms with van der Waals surface area (Å²) in [6, 6.07) is 0. The van der Waals surface area contributed by atoms with Crippen molar-refractivity contribution in [2.24, 2.45) is 44.8 Å². The van der Waals surface area contributed by atoms with Gasteiger partial charge in [0.2, 0.25) is 0 Å². The first-order valence-corrected chi connectivity index (χ1v) is 27.2. The standard InChI is InChI=1S/C52H86O22/c1-22-31(56)35(60)38(63)42(68-22)74-41-37(62)33(58)24(19-54)70-45(41)71-25-20-66-44(40(34(25)59)73-43-39(64)36(61)32(57)23(18-53)69-43)72-30-10-11-48(5)26(46(30,2)3)8-12-49(6)27(48)9-13-52-28-16-47(4,65)14-15-51(28,21-67-52)29(55)17-50(49,52)7/h22-45,53-65H,8-21H2,1-7H3/t22-,23+,24+,25-,26-,27+,28+,29+,30-,31-,32+,33+,34-,35+,36-,37-,38+,39+,40+,41+,42-,43-,44-,45-,47-,48-,49+,50-,51+,52-/m0/s1. The van der Waals surface area contributed by atoms with Crippen LogP contribution in [0.1, 0.15) is 113 Å². The lowest BCUT2D eigenvalue weighted by Gasteiger charge is -2.75. The molecular formula is C52H86O22. The molecule has 0 aromatic rings. The van der Waals surface area contributed by atoms with Crippen LogP contribution in [-0.4, -0.2) is 233 Å². The normalized spacial score (nSPS) is 59.2. The first kappa shape index (κ1) is 56.4.